The van der Waals surface area contributed by atoms with Crippen LogP contribution in [0.2, 0.25) is 0 Å². The molecule has 3 rings (SSSR count). The molecule has 3 atom stereocenters. The quantitative estimate of drug-likeness (QED) is 0.862. The van der Waals surface area contributed by atoms with Crippen molar-refractivity contribution < 1.29 is 9.59 Å². The average Bonchev–Trinajstić information content (AvgIpc) is 2.97. The fourth-order valence-corrected chi connectivity index (χ4v) is 4.49. The second-order valence-electron chi connectivity index (χ2n) is 7.70. The largest absolute Gasteiger partial charge is 0.350 e. The zero-order valence-corrected chi connectivity index (χ0v) is 14.6. The Balaban J connectivity index is 1.63. The summed E-state index contributed by atoms with van der Waals surface area (Å²) in [4.78, 5) is 29.6. The number of rotatable bonds is 3. The SMILES string of the molecule is CC(C)C(=O)N1CCCCC1C(=O)NC1CCN2CCCCC12. The Bertz CT molecular complexity index is 452. The number of piperidine rings is 2. The summed E-state index contributed by atoms with van der Waals surface area (Å²) in [5.74, 6) is 0.162. The van der Waals surface area contributed by atoms with Crippen molar-refractivity contribution in [2.75, 3.05) is 19.6 Å². The monoisotopic (exact) mass is 321 g/mol. The number of hydrogen-bond acceptors (Lipinski definition) is 3. The maximum Gasteiger partial charge on any atom is 0.243 e. The van der Waals surface area contributed by atoms with Crippen LogP contribution in [0.1, 0.15) is 58.8 Å². The van der Waals surface area contributed by atoms with Crippen LogP contribution in [0.5, 0.6) is 0 Å². The highest BCUT2D eigenvalue weighted by Crippen LogP contribution is 2.28. The van der Waals surface area contributed by atoms with E-state index in [-0.39, 0.29) is 29.8 Å². The minimum Gasteiger partial charge on any atom is -0.350 e. The van der Waals surface area contributed by atoms with Gasteiger partial charge in [0, 0.05) is 31.1 Å². The smallest absolute Gasteiger partial charge is 0.243 e. The van der Waals surface area contributed by atoms with Crippen LogP contribution in [0.3, 0.4) is 0 Å². The van der Waals surface area contributed by atoms with E-state index in [1.165, 1.54) is 25.8 Å². The summed E-state index contributed by atoms with van der Waals surface area (Å²) in [6, 6.07) is 0.544. The molecule has 0 bridgehead atoms. The lowest BCUT2D eigenvalue weighted by atomic mass is 9.96. The predicted octanol–water partition coefficient (Wildman–Crippen LogP) is 1.77. The van der Waals surface area contributed by atoms with E-state index in [0.717, 1.165) is 38.8 Å². The lowest BCUT2D eigenvalue weighted by Gasteiger charge is -2.37. The summed E-state index contributed by atoms with van der Waals surface area (Å²) in [5.41, 5.74) is 0. The predicted molar refractivity (Wildman–Crippen MR) is 89.9 cm³/mol. The van der Waals surface area contributed by atoms with Gasteiger partial charge < -0.3 is 10.2 Å². The molecule has 2 amide bonds. The molecule has 0 radical (unpaired) electrons. The van der Waals surface area contributed by atoms with Crippen LogP contribution in [0.4, 0.5) is 0 Å². The van der Waals surface area contributed by atoms with Crippen LogP contribution in [0.25, 0.3) is 0 Å². The number of carbonyl (C=O) groups excluding carboxylic acids is 2. The first-order valence-electron chi connectivity index (χ1n) is 9.43. The van der Waals surface area contributed by atoms with Crippen molar-refractivity contribution >= 4 is 11.8 Å². The maximum atomic E-state index is 12.8. The molecule has 0 aliphatic carbocycles. The molecule has 3 aliphatic heterocycles. The van der Waals surface area contributed by atoms with Crippen molar-refractivity contribution in [3.63, 3.8) is 0 Å². The topological polar surface area (TPSA) is 52.7 Å². The van der Waals surface area contributed by atoms with Gasteiger partial charge in [0.05, 0.1) is 0 Å². The highest BCUT2D eigenvalue weighted by atomic mass is 16.2. The molecule has 3 fully saturated rings. The Labute approximate surface area is 139 Å². The number of fused-ring (bicyclic) bond motifs is 1. The van der Waals surface area contributed by atoms with Gasteiger partial charge in [0.1, 0.15) is 6.04 Å². The zero-order valence-electron chi connectivity index (χ0n) is 14.6. The van der Waals surface area contributed by atoms with Gasteiger partial charge in [-0.15, -0.1) is 0 Å². The Kier molecular flexibility index (Phi) is 5.24. The van der Waals surface area contributed by atoms with Crippen LogP contribution < -0.4 is 5.32 Å². The zero-order chi connectivity index (χ0) is 16.4. The molecule has 1 N–H and O–H groups in total. The van der Waals surface area contributed by atoms with E-state index in [9.17, 15) is 9.59 Å². The van der Waals surface area contributed by atoms with Crippen LogP contribution in [0, 0.1) is 5.92 Å². The summed E-state index contributed by atoms with van der Waals surface area (Å²) in [7, 11) is 0. The molecule has 0 spiro atoms. The van der Waals surface area contributed by atoms with Gasteiger partial charge in [-0.2, -0.15) is 0 Å². The first kappa shape index (κ1) is 16.7. The molecule has 3 aliphatic rings. The highest BCUT2D eigenvalue weighted by Gasteiger charge is 2.39. The summed E-state index contributed by atoms with van der Waals surface area (Å²) < 4.78 is 0. The van der Waals surface area contributed by atoms with E-state index in [1.54, 1.807) is 0 Å². The Morgan fingerprint density at radius 1 is 0.957 bits per heavy atom. The van der Waals surface area contributed by atoms with E-state index in [2.05, 4.69) is 10.2 Å². The highest BCUT2D eigenvalue weighted by molar-refractivity contribution is 5.88. The summed E-state index contributed by atoms with van der Waals surface area (Å²) >= 11 is 0. The third kappa shape index (κ3) is 3.54. The molecular formula is C18H31N3O2. The van der Waals surface area contributed by atoms with Gasteiger partial charge in [-0.05, 0) is 45.1 Å². The third-order valence-electron chi connectivity index (χ3n) is 5.77. The Hall–Kier alpha value is -1.10. The second kappa shape index (κ2) is 7.20. The molecule has 0 aromatic carbocycles. The Morgan fingerprint density at radius 3 is 2.48 bits per heavy atom. The fourth-order valence-electron chi connectivity index (χ4n) is 4.49. The average molecular weight is 321 g/mol. The standard InChI is InChI=1S/C18H31N3O2/c1-13(2)18(23)21-11-6-4-8-16(21)17(22)19-14-9-12-20-10-5-3-7-15(14)20/h13-16H,3-12H2,1-2H3,(H,19,22). The van der Waals surface area contributed by atoms with Crippen molar-refractivity contribution in [3.05, 3.63) is 0 Å². The molecule has 3 saturated heterocycles. The summed E-state index contributed by atoms with van der Waals surface area (Å²) in [6.07, 6.45) is 7.69. The van der Waals surface area contributed by atoms with Gasteiger partial charge >= 0.3 is 0 Å². The molecule has 3 heterocycles. The number of carbonyl (C=O) groups is 2. The molecule has 0 aromatic heterocycles. The summed E-state index contributed by atoms with van der Waals surface area (Å²) in [6.45, 7) is 6.86. The van der Waals surface area contributed by atoms with Gasteiger partial charge in [-0.3, -0.25) is 14.5 Å². The van der Waals surface area contributed by atoms with Crippen LogP contribution in [0.15, 0.2) is 0 Å². The van der Waals surface area contributed by atoms with Gasteiger partial charge in [0.15, 0.2) is 0 Å². The molecule has 0 aromatic rings. The minimum atomic E-state index is -0.253. The molecule has 5 nitrogen and oxygen atoms in total. The second-order valence-corrected chi connectivity index (χ2v) is 7.70. The fraction of sp³-hybridized carbons (Fsp3) is 0.889. The molecular weight excluding hydrogens is 290 g/mol. The van der Waals surface area contributed by atoms with Crippen molar-refractivity contribution in [1.29, 1.82) is 0 Å². The van der Waals surface area contributed by atoms with E-state index in [4.69, 9.17) is 0 Å². The first-order chi connectivity index (χ1) is 11.1. The molecule has 5 heteroatoms. The number of nitrogens with one attached hydrogen (secondary N) is 1. The number of likely N-dealkylation sites (tertiary alicyclic amines) is 1. The van der Waals surface area contributed by atoms with Crippen molar-refractivity contribution in [2.24, 2.45) is 5.92 Å². The first-order valence-corrected chi connectivity index (χ1v) is 9.43. The molecule has 3 unspecified atom stereocenters. The Morgan fingerprint density at radius 2 is 1.70 bits per heavy atom. The number of amides is 2. The number of hydrogen-bond donors (Lipinski definition) is 1. The van der Waals surface area contributed by atoms with Crippen molar-refractivity contribution in [2.45, 2.75) is 76.9 Å². The minimum absolute atomic E-state index is 0.0382. The van der Waals surface area contributed by atoms with E-state index in [0.29, 0.717) is 6.04 Å². The van der Waals surface area contributed by atoms with Crippen LogP contribution >= 0.6 is 0 Å². The van der Waals surface area contributed by atoms with Gasteiger partial charge in [-0.1, -0.05) is 20.3 Å². The number of nitrogens with zero attached hydrogens (tertiary/aromatic N) is 2. The maximum absolute atomic E-state index is 12.8. The van der Waals surface area contributed by atoms with Gasteiger partial charge in [0.2, 0.25) is 11.8 Å². The lowest BCUT2D eigenvalue weighted by molar-refractivity contribution is -0.145. The third-order valence-corrected chi connectivity index (χ3v) is 5.77. The van der Waals surface area contributed by atoms with Gasteiger partial charge in [0.25, 0.3) is 0 Å². The normalized spacial score (nSPS) is 32.0. The van der Waals surface area contributed by atoms with E-state index < -0.39 is 0 Å². The van der Waals surface area contributed by atoms with E-state index >= 15 is 0 Å². The van der Waals surface area contributed by atoms with Crippen molar-refractivity contribution in [1.82, 2.24) is 15.1 Å². The van der Waals surface area contributed by atoms with Gasteiger partial charge in [-0.25, -0.2) is 0 Å². The molecule has 0 saturated carbocycles. The molecule has 23 heavy (non-hydrogen) atoms. The van der Waals surface area contributed by atoms with Crippen LogP contribution in [-0.4, -0.2) is 59.4 Å². The van der Waals surface area contributed by atoms with Crippen LogP contribution in [-0.2, 0) is 9.59 Å². The molecule has 130 valence electrons. The van der Waals surface area contributed by atoms with Crippen molar-refractivity contribution in [3.8, 4) is 0 Å². The van der Waals surface area contributed by atoms with E-state index in [1.807, 2.05) is 18.7 Å². The lowest BCUT2D eigenvalue weighted by Crippen LogP contribution is -2.56. The summed E-state index contributed by atoms with van der Waals surface area (Å²) in [5, 5.41) is 3.30.